The third-order valence-electron chi connectivity index (χ3n) is 5.05. The van der Waals surface area contributed by atoms with Crippen LogP contribution in [0.5, 0.6) is 5.75 Å². The van der Waals surface area contributed by atoms with E-state index in [1.807, 2.05) is 14.1 Å². The van der Waals surface area contributed by atoms with Gasteiger partial charge in [-0.3, -0.25) is 10.1 Å². The summed E-state index contributed by atoms with van der Waals surface area (Å²) in [6.45, 7) is 2.91. The van der Waals surface area contributed by atoms with E-state index in [-0.39, 0.29) is 28.5 Å². The van der Waals surface area contributed by atoms with Gasteiger partial charge >= 0.3 is 10.1 Å². The number of aromatic nitrogens is 2. The monoisotopic (exact) mass is 457 g/mol. The van der Waals surface area contributed by atoms with Gasteiger partial charge in [0.15, 0.2) is 0 Å². The van der Waals surface area contributed by atoms with Gasteiger partial charge in [0, 0.05) is 30.3 Å². The molecule has 1 heterocycles. The Morgan fingerprint density at radius 3 is 2.59 bits per heavy atom. The first-order valence-electron chi connectivity index (χ1n) is 10.5. The number of likely N-dealkylation sites (N-methyl/N-ethyl adjacent to an activating group) is 1. The zero-order chi connectivity index (χ0) is 22.9. The highest BCUT2D eigenvalue weighted by molar-refractivity contribution is 7.87. The molecule has 0 aliphatic heterocycles. The lowest BCUT2D eigenvalue weighted by Gasteiger charge is -2.19. The van der Waals surface area contributed by atoms with Crippen molar-refractivity contribution in [1.29, 1.82) is 0 Å². The minimum atomic E-state index is -4.01. The molecule has 0 radical (unpaired) electrons. The highest BCUT2D eigenvalue weighted by atomic mass is 32.2. The van der Waals surface area contributed by atoms with Crippen molar-refractivity contribution in [2.45, 2.75) is 30.7 Å². The number of carbonyl (C=O) groups is 1. The number of fused-ring (bicyclic) bond motifs is 1. The van der Waals surface area contributed by atoms with Crippen LogP contribution in [0.3, 0.4) is 0 Å². The lowest BCUT2D eigenvalue weighted by atomic mass is 10.2. The molecular formula is C22H27N5O4S. The Morgan fingerprint density at radius 2 is 1.94 bits per heavy atom. The topological polar surface area (TPSA) is 116 Å². The molecule has 1 atom stereocenters. The summed E-state index contributed by atoms with van der Waals surface area (Å²) >= 11 is 0. The minimum absolute atomic E-state index is 0.0582. The first-order valence-corrected chi connectivity index (χ1v) is 11.9. The van der Waals surface area contributed by atoms with Gasteiger partial charge in [0.1, 0.15) is 10.6 Å². The molecule has 3 N–H and O–H groups in total. The molecule has 0 bridgehead atoms. The highest BCUT2D eigenvalue weighted by Gasteiger charge is 2.30. The molecule has 1 aliphatic carbocycles. The second-order valence-electron chi connectivity index (χ2n) is 8.40. The van der Waals surface area contributed by atoms with Crippen LogP contribution in [0.25, 0.3) is 11.0 Å². The molecule has 9 nitrogen and oxygen atoms in total. The molecule has 1 unspecified atom stereocenters. The molecule has 32 heavy (non-hydrogen) atoms. The Kier molecular flexibility index (Phi) is 6.07. The fourth-order valence-corrected chi connectivity index (χ4v) is 4.35. The third kappa shape index (κ3) is 5.38. The average molecular weight is 458 g/mol. The van der Waals surface area contributed by atoms with Gasteiger partial charge in [-0.05, 0) is 70.3 Å². The second-order valence-corrected chi connectivity index (χ2v) is 9.94. The van der Waals surface area contributed by atoms with Crippen LogP contribution in [-0.4, -0.2) is 55.9 Å². The standard InChI is InChI=1S/C22H27N5O4S/c1-14(13-27(2)3)23-16-6-9-18(10-7-16)32(29,30)31-17-8-11-19-20(12-17)25-22(24-19)26-21(28)15-4-5-15/h6-12,14-15,23H,4-5,13H2,1-3H3,(H2,24,25,26,28). The predicted molar refractivity (Wildman–Crippen MR) is 123 cm³/mol. The number of nitrogens with one attached hydrogen (secondary N) is 3. The Balaban J connectivity index is 1.44. The molecule has 0 spiro atoms. The number of hydrogen-bond donors (Lipinski definition) is 3. The summed E-state index contributed by atoms with van der Waals surface area (Å²) in [5, 5.41) is 6.07. The van der Waals surface area contributed by atoms with Crippen LogP contribution in [-0.2, 0) is 14.9 Å². The number of H-pyrrole nitrogens is 1. The van der Waals surface area contributed by atoms with E-state index in [2.05, 4.69) is 32.4 Å². The van der Waals surface area contributed by atoms with Crippen molar-refractivity contribution in [1.82, 2.24) is 14.9 Å². The Morgan fingerprint density at radius 1 is 1.22 bits per heavy atom. The van der Waals surface area contributed by atoms with Crippen molar-refractivity contribution in [2.75, 3.05) is 31.3 Å². The third-order valence-corrected chi connectivity index (χ3v) is 6.31. The number of carbonyl (C=O) groups excluding carboxylic acids is 1. The quantitative estimate of drug-likeness (QED) is 0.423. The molecular weight excluding hydrogens is 430 g/mol. The molecule has 170 valence electrons. The number of benzene rings is 2. The fourth-order valence-electron chi connectivity index (χ4n) is 3.43. The van der Waals surface area contributed by atoms with Crippen LogP contribution in [0.2, 0.25) is 0 Å². The van der Waals surface area contributed by atoms with Crippen molar-refractivity contribution in [2.24, 2.45) is 5.92 Å². The van der Waals surface area contributed by atoms with Crippen LogP contribution in [0.1, 0.15) is 19.8 Å². The molecule has 0 saturated heterocycles. The summed E-state index contributed by atoms with van der Waals surface area (Å²) in [5.41, 5.74) is 2.00. The van der Waals surface area contributed by atoms with E-state index in [0.717, 1.165) is 25.1 Å². The number of rotatable bonds is 9. The SMILES string of the molecule is CC(CN(C)C)Nc1ccc(S(=O)(=O)Oc2ccc3[nH]c(NC(=O)C4CC4)nc3c2)cc1. The van der Waals surface area contributed by atoms with Gasteiger partial charge in [-0.25, -0.2) is 4.98 Å². The lowest BCUT2D eigenvalue weighted by molar-refractivity contribution is -0.117. The Labute approximate surface area is 187 Å². The van der Waals surface area contributed by atoms with Crippen molar-refractivity contribution < 1.29 is 17.4 Å². The maximum Gasteiger partial charge on any atom is 0.339 e. The van der Waals surface area contributed by atoms with E-state index in [9.17, 15) is 13.2 Å². The van der Waals surface area contributed by atoms with Crippen LogP contribution in [0.15, 0.2) is 47.4 Å². The van der Waals surface area contributed by atoms with Gasteiger partial charge in [0.05, 0.1) is 11.0 Å². The average Bonchev–Trinajstić information content (AvgIpc) is 3.48. The van der Waals surface area contributed by atoms with E-state index in [0.29, 0.717) is 17.0 Å². The van der Waals surface area contributed by atoms with E-state index < -0.39 is 10.1 Å². The first kappa shape index (κ1) is 22.1. The summed E-state index contributed by atoms with van der Waals surface area (Å²) in [4.78, 5) is 21.4. The molecule has 2 aromatic carbocycles. The minimum Gasteiger partial charge on any atom is -0.381 e. The summed E-state index contributed by atoms with van der Waals surface area (Å²) in [6, 6.07) is 11.4. The van der Waals surface area contributed by atoms with Crippen molar-refractivity contribution in [3.8, 4) is 5.75 Å². The van der Waals surface area contributed by atoms with E-state index in [1.165, 1.54) is 18.2 Å². The smallest absolute Gasteiger partial charge is 0.339 e. The number of anilines is 2. The zero-order valence-electron chi connectivity index (χ0n) is 18.3. The van der Waals surface area contributed by atoms with Crippen molar-refractivity contribution in [3.63, 3.8) is 0 Å². The lowest BCUT2D eigenvalue weighted by Crippen LogP contribution is -2.29. The van der Waals surface area contributed by atoms with E-state index >= 15 is 0 Å². The number of amides is 1. The highest BCUT2D eigenvalue weighted by Crippen LogP contribution is 2.30. The maximum absolute atomic E-state index is 12.7. The van der Waals surface area contributed by atoms with Crippen molar-refractivity contribution >= 4 is 38.7 Å². The van der Waals surface area contributed by atoms with E-state index in [1.54, 1.807) is 24.3 Å². The van der Waals surface area contributed by atoms with Gasteiger partial charge in [0.25, 0.3) is 0 Å². The number of imidazole rings is 1. The van der Waals surface area contributed by atoms with Gasteiger partial charge in [0.2, 0.25) is 11.9 Å². The normalized spacial score (nSPS) is 15.0. The molecule has 1 aliphatic rings. The largest absolute Gasteiger partial charge is 0.381 e. The Hall–Kier alpha value is -3.11. The molecule has 1 fully saturated rings. The number of nitrogens with zero attached hydrogens (tertiary/aromatic N) is 2. The predicted octanol–water partition coefficient (Wildman–Crippen LogP) is 3.04. The molecule has 1 aromatic heterocycles. The summed E-state index contributed by atoms with van der Waals surface area (Å²) in [7, 11) is -0.0119. The Bertz CT molecular complexity index is 1220. The van der Waals surface area contributed by atoms with Gasteiger partial charge < -0.3 is 19.4 Å². The molecule has 1 saturated carbocycles. The molecule has 1 amide bonds. The van der Waals surface area contributed by atoms with E-state index in [4.69, 9.17) is 4.18 Å². The van der Waals surface area contributed by atoms with Gasteiger partial charge in [-0.2, -0.15) is 8.42 Å². The summed E-state index contributed by atoms with van der Waals surface area (Å²) in [6.07, 6.45) is 1.79. The van der Waals surface area contributed by atoms with Crippen LogP contribution in [0.4, 0.5) is 11.6 Å². The maximum atomic E-state index is 12.7. The summed E-state index contributed by atoms with van der Waals surface area (Å²) < 4.78 is 30.7. The van der Waals surface area contributed by atoms with Gasteiger partial charge in [-0.1, -0.05) is 0 Å². The van der Waals surface area contributed by atoms with Gasteiger partial charge in [-0.15, -0.1) is 0 Å². The van der Waals surface area contributed by atoms with Crippen LogP contribution < -0.4 is 14.8 Å². The zero-order valence-corrected chi connectivity index (χ0v) is 19.1. The fraction of sp³-hybridized carbons (Fsp3) is 0.364. The first-order chi connectivity index (χ1) is 15.2. The summed E-state index contributed by atoms with van der Waals surface area (Å²) in [5.74, 6) is 0.483. The second kappa shape index (κ2) is 8.79. The number of aromatic amines is 1. The van der Waals surface area contributed by atoms with Crippen LogP contribution in [0, 0.1) is 5.92 Å². The molecule has 4 rings (SSSR count). The molecule has 10 heteroatoms. The van der Waals surface area contributed by atoms with Crippen molar-refractivity contribution in [3.05, 3.63) is 42.5 Å². The molecule has 3 aromatic rings. The van der Waals surface area contributed by atoms with Crippen LogP contribution >= 0.6 is 0 Å². The number of hydrogen-bond acceptors (Lipinski definition) is 7.